The van der Waals surface area contributed by atoms with Gasteiger partial charge in [-0.3, -0.25) is 0 Å². The van der Waals surface area contributed by atoms with Crippen LogP contribution in [0.4, 0.5) is 0 Å². The molecule has 8 nitrogen and oxygen atoms in total. The molecule has 1 aliphatic heterocycles. The van der Waals surface area contributed by atoms with E-state index in [-0.39, 0.29) is 5.15 Å². The predicted octanol–water partition coefficient (Wildman–Crippen LogP) is 1.66. The zero-order valence-corrected chi connectivity index (χ0v) is 14.7. The molecule has 1 N–H and O–H groups in total. The van der Waals surface area contributed by atoms with Crippen LogP contribution in [0.25, 0.3) is 11.0 Å². The van der Waals surface area contributed by atoms with Crippen molar-refractivity contribution >= 4 is 22.6 Å². The van der Waals surface area contributed by atoms with Crippen LogP contribution in [0.15, 0.2) is 12.5 Å². The van der Waals surface area contributed by atoms with E-state index in [0.29, 0.717) is 36.4 Å². The first kappa shape index (κ1) is 18.0. The number of nitriles is 1. The second kappa shape index (κ2) is 7.64. The Morgan fingerprint density at radius 2 is 2.20 bits per heavy atom. The highest BCUT2D eigenvalue weighted by atomic mass is 35.5. The Morgan fingerprint density at radius 3 is 2.88 bits per heavy atom. The van der Waals surface area contributed by atoms with Gasteiger partial charge in [-0.15, -0.1) is 0 Å². The molecule has 0 aromatic carbocycles. The summed E-state index contributed by atoms with van der Waals surface area (Å²) in [6.45, 7) is 5.01. The Bertz CT molecular complexity index is 790. The van der Waals surface area contributed by atoms with E-state index in [4.69, 9.17) is 25.8 Å². The van der Waals surface area contributed by atoms with Gasteiger partial charge in [-0.05, 0) is 13.8 Å². The summed E-state index contributed by atoms with van der Waals surface area (Å²) in [5, 5.41) is 20.7. The number of hydrogen-bond acceptors (Lipinski definition) is 7. The Balaban J connectivity index is 2.00. The van der Waals surface area contributed by atoms with Crippen molar-refractivity contribution in [2.24, 2.45) is 0 Å². The fraction of sp³-hybridized carbons (Fsp3) is 0.562. The molecule has 9 heteroatoms. The number of aliphatic hydroxyl groups excluding tert-OH is 1. The summed E-state index contributed by atoms with van der Waals surface area (Å²) in [6.07, 6.45) is 0.188. The molecule has 3 rings (SSSR count). The molecule has 0 bridgehead atoms. The normalized spacial score (nSPS) is 26.2. The van der Waals surface area contributed by atoms with Crippen molar-refractivity contribution in [1.82, 2.24) is 14.5 Å². The van der Waals surface area contributed by atoms with Gasteiger partial charge in [0.15, 0.2) is 6.23 Å². The summed E-state index contributed by atoms with van der Waals surface area (Å²) in [4.78, 5) is 8.12. The number of aliphatic hydroxyl groups is 1. The minimum atomic E-state index is -0.943. The lowest BCUT2D eigenvalue weighted by Crippen LogP contribution is -2.36. The Hall–Kier alpha value is -1.76. The molecule has 1 fully saturated rings. The molecule has 0 spiro atoms. The maximum absolute atomic E-state index is 10.7. The molecule has 2 aromatic heterocycles. The van der Waals surface area contributed by atoms with Crippen molar-refractivity contribution in [2.45, 2.75) is 38.4 Å². The fourth-order valence-electron chi connectivity index (χ4n) is 3.04. The van der Waals surface area contributed by atoms with Gasteiger partial charge in [0, 0.05) is 19.4 Å². The smallest absolute Gasteiger partial charge is 0.164 e. The highest BCUT2D eigenvalue weighted by Crippen LogP contribution is 2.36. The highest BCUT2D eigenvalue weighted by Gasteiger charge is 2.46. The summed E-state index contributed by atoms with van der Waals surface area (Å²) >= 11 is 6.11. The van der Waals surface area contributed by atoms with Crippen LogP contribution in [0, 0.1) is 11.3 Å². The van der Waals surface area contributed by atoms with Gasteiger partial charge in [0.05, 0.1) is 17.6 Å². The molecule has 0 aliphatic carbocycles. The van der Waals surface area contributed by atoms with Crippen molar-refractivity contribution in [3.8, 4) is 6.07 Å². The number of rotatable bonds is 6. The van der Waals surface area contributed by atoms with E-state index in [1.54, 1.807) is 10.8 Å². The van der Waals surface area contributed by atoms with Gasteiger partial charge in [-0.25, -0.2) is 9.97 Å². The van der Waals surface area contributed by atoms with Crippen LogP contribution in [0.1, 0.15) is 25.6 Å². The molecule has 0 radical (unpaired) electrons. The van der Waals surface area contributed by atoms with E-state index in [1.165, 1.54) is 6.33 Å². The van der Waals surface area contributed by atoms with Crippen LogP contribution in [0.5, 0.6) is 0 Å². The van der Waals surface area contributed by atoms with Gasteiger partial charge < -0.3 is 23.9 Å². The molecule has 0 saturated carbocycles. The number of hydrogen-bond donors (Lipinski definition) is 1. The summed E-state index contributed by atoms with van der Waals surface area (Å²) in [5.74, 6) is 0. The van der Waals surface area contributed by atoms with E-state index in [9.17, 15) is 10.4 Å². The number of halogens is 1. The summed E-state index contributed by atoms with van der Waals surface area (Å²) < 4.78 is 18.7. The Morgan fingerprint density at radius 1 is 1.40 bits per heavy atom. The third kappa shape index (κ3) is 3.21. The first-order valence-corrected chi connectivity index (χ1v) is 8.44. The SMILES string of the molecule is CCOCC1O[C@@H](n2cc(C#N)c3c(Cl)ncnc32)[C@H](O)C1OCC. The summed E-state index contributed by atoms with van der Waals surface area (Å²) in [6, 6.07) is 2.07. The van der Waals surface area contributed by atoms with Crippen LogP contribution in [0.2, 0.25) is 5.15 Å². The van der Waals surface area contributed by atoms with E-state index >= 15 is 0 Å². The van der Waals surface area contributed by atoms with Crippen molar-refractivity contribution < 1.29 is 19.3 Å². The lowest BCUT2D eigenvalue weighted by Gasteiger charge is -2.20. The minimum absolute atomic E-state index is 0.181. The third-order valence-electron chi connectivity index (χ3n) is 4.11. The molecule has 134 valence electrons. The monoisotopic (exact) mass is 366 g/mol. The zero-order valence-electron chi connectivity index (χ0n) is 13.9. The zero-order chi connectivity index (χ0) is 18.0. The van der Waals surface area contributed by atoms with E-state index in [2.05, 4.69) is 16.0 Å². The van der Waals surface area contributed by atoms with Crippen molar-refractivity contribution in [3.05, 3.63) is 23.2 Å². The van der Waals surface area contributed by atoms with Crippen molar-refractivity contribution in [1.29, 1.82) is 5.26 Å². The maximum atomic E-state index is 10.7. The molecule has 2 unspecified atom stereocenters. The lowest BCUT2D eigenvalue weighted by atomic mass is 10.1. The van der Waals surface area contributed by atoms with Gasteiger partial charge >= 0.3 is 0 Å². The summed E-state index contributed by atoms with van der Waals surface area (Å²) in [7, 11) is 0. The average Bonchev–Trinajstić information content (AvgIpc) is 3.13. The van der Waals surface area contributed by atoms with Crippen LogP contribution in [-0.2, 0) is 14.2 Å². The van der Waals surface area contributed by atoms with Crippen molar-refractivity contribution in [2.75, 3.05) is 19.8 Å². The first-order chi connectivity index (χ1) is 12.1. The van der Waals surface area contributed by atoms with Gasteiger partial charge in [0.2, 0.25) is 0 Å². The first-order valence-electron chi connectivity index (χ1n) is 8.06. The number of aromatic nitrogens is 3. The maximum Gasteiger partial charge on any atom is 0.164 e. The fourth-order valence-corrected chi connectivity index (χ4v) is 3.27. The van der Waals surface area contributed by atoms with Crippen molar-refractivity contribution in [3.63, 3.8) is 0 Å². The number of nitrogens with zero attached hydrogens (tertiary/aromatic N) is 4. The Kier molecular flexibility index (Phi) is 5.51. The molecule has 1 saturated heterocycles. The molecule has 1 aliphatic rings. The quantitative estimate of drug-likeness (QED) is 0.775. The molecule has 3 heterocycles. The number of fused-ring (bicyclic) bond motifs is 1. The second-order valence-corrected chi connectivity index (χ2v) is 5.92. The molecule has 0 amide bonds. The van der Waals surface area contributed by atoms with Gasteiger partial charge in [-0.1, -0.05) is 11.6 Å². The standard InChI is InChI=1S/C16H19ClN4O4/c1-3-23-7-10-13(24-4-2)12(22)16(25-10)21-6-9(5-18)11-14(17)19-8-20-15(11)21/h6,8,10,12-13,16,22H,3-4,7H2,1-2H3/t10?,12-,13?,16-/m1/s1. The van der Waals surface area contributed by atoms with Crippen LogP contribution < -0.4 is 0 Å². The molecular weight excluding hydrogens is 348 g/mol. The number of ether oxygens (including phenoxy) is 3. The second-order valence-electron chi connectivity index (χ2n) is 5.56. The van der Waals surface area contributed by atoms with E-state index in [1.807, 2.05) is 13.8 Å². The van der Waals surface area contributed by atoms with Crippen LogP contribution >= 0.6 is 11.6 Å². The van der Waals surface area contributed by atoms with Gasteiger partial charge in [0.25, 0.3) is 0 Å². The predicted molar refractivity (Wildman–Crippen MR) is 89.1 cm³/mol. The van der Waals surface area contributed by atoms with E-state index < -0.39 is 24.5 Å². The van der Waals surface area contributed by atoms with Crippen LogP contribution in [0.3, 0.4) is 0 Å². The molecular formula is C16H19ClN4O4. The largest absolute Gasteiger partial charge is 0.386 e. The van der Waals surface area contributed by atoms with Crippen LogP contribution in [-0.4, -0.2) is 57.8 Å². The third-order valence-corrected chi connectivity index (χ3v) is 4.40. The minimum Gasteiger partial charge on any atom is -0.386 e. The molecule has 4 atom stereocenters. The Labute approximate surface area is 149 Å². The molecule has 25 heavy (non-hydrogen) atoms. The average molecular weight is 367 g/mol. The topological polar surface area (TPSA) is 102 Å². The lowest BCUT2D eigenvalue weighted by molar-refractivity contribution is -0.0725. The van der Waals surface area contributed by atoms with Gasteiger partial charge in [0.1, 0.15) is 41.5 Å². The highest BCUT2D eigenvalue weighted by molar-refractivity contribution is 6.34. The summed E-state index contributed by atoms with van der Waals surface area (Å²) in [5.41, 5.74) is 0.741. The van der Waals surface area contributed by atoms with Gasteiger partial charge in [-0.2, -0.15) is 5.26 Å². The van der Waals surface area contributed by atoms with E-state index in [0.717, 1.165) is 0 Å². The molecule has 2 aromatic rings.